The Morgan fingerprint density at radius 3 is 2.53 bits per heavy atom. The molecule has 17 heavy (non-hydrogen) atoms. The number of nitrogens with zero attached hydrogens (tertiary/aromatic N) is 2. The minimum absolute atomic E-state index is 0.0224. The van der Waals surface area contributed by atoms with Gasteiger partial charge in [0, 0.05) is 12.2 Å². The SMILES string of the molecule is C[C@H](Nc1nc(N)ncc1C(N)=O)C(C)(C)C. The number of carbonyl (C=O) groups is 1. The Hall–Kier alpha value is -1.85. The largest absolute Gasteiger partial charge is 0.368 e. The smallest absolute Gasteiger partial charge is 0.254 e. The van der Waals surface area contributed by atoms with Gasteiger partial charge in [-0.3, -0.25) is 4.79 Å². The van der Waals surface area contributed by atoms with Crippen LogP contribution in [0.3, 0.4) is 0 Å². The first-order valence-electron chi connectivity index (χ1n) is 5.40. The Bertz CT molecular complexity index is 424. The third-order valence-corrected chi connectivity index (χ3v) is 2.73. The van der Waals surface area contributed by atoms with Crippen LogP contribution in [0.25, 0.3) is 0 Å². The summed E-state index contributed by atoms with van der Waals surface area (Å²) in [6.45, 7) is 8.25. The predicted molar refractivity (Wildman–Crippen MR) is 67.5 cm³/mol. The van der Waals surface area contributed by atoms with Gasteiger partial charge in [-0.15, -0.1) is 0 Å². The first-order valence-corrected chi connectivity index (χ1v) is 5.40. The van der Waals surface area contributed by atoms with E-state index in [1.54, 1.807) is 0 Å². The molecular weight excluding hydrogens is 218 g/mol. The Balaban J connectivity index is 3.04. The molecule has 6 heteroatoms. The van der Waals surface area contributed by atoms with Crippen molar-refractivity contribution >= 4 is 17.7 Å². The molecule has 0 aliphatic heterocycles. The lowest BCUT2D eigenvalue weighted by molar-refractivity contribution is 0.100. The second-order valence-electron chi connectivity index (χ2n) is 5.09. The van der Waals surface area contributed by atoms with Crippen molar-refractivity contribution in [3.8, 4) is 0 Å². The third-order valence-electron chi connectivity index (χ3n) is 2.73. The molecule has 1 heterocycles. The lowest BCUT2D eigenvalue weighted by Crippen LogP contribution is -2.32. The van der Waals surface area contributed by atoms with Crippen molar-refractivity contribution in [3.63, 3.8) is 0 Å². The van der Waals surface area contributed by atoms with Crippen molar-refractivity contribution in [2.45, 2.75) is 33.7 Å². The third kappa shape index (κ3) is 3.30. The average Bonchev–Trinajstić information content (AvgIpc) is 2.15. The maximum absolute atomic E-state index is 11.2. The number of primary amides is 1. The molecule has 0 aliphatic carbocycles. The molecule has 1 aromatic rings. The van der Waals surface area contributed by atoms with E-state index in [1.165, 1.54) is 6.20 Å². The second-order valence-corrected chi connectivity index (χ2v) is 5.09. The van der Waals surface area contributed by atoms with Crippen LogP contribution in [0.1, 0.15) is 38.1 Å². The van der Waals surface area contributed by atoms with Crippen LogP contribution in [0.5, 0.6) is 0 Å². The fraction of sp³-hybridized carbons (Fsp3) is 0.545. The summed E-state index contributed by atoms with van der Waals surface area (Å²) in [5.74, 6) is -0.0837. The Morgan fingerprint density at radius 1 is 1.47 bits per heavy atom. The maximum atomic E-state index is 11.2. The van der Waals surface area contributed by atoms with Crippen LogP contribution in [0, 0.1) is 5.41 Å². The molecule has 0 saturated heterocycles. The lowest BCUT2D eigenvalue weighted by Gasteiger charge is -2.29. The molecule has 1 atom stereocenters. The van der Waals surface area contributed by atoms with Crippen LogP contribution >= 0.6 is 0 Å². The average molecular weight is 237 g/mol. The van der Waals surface area contributed by atoms with Crippen LogP contribution in [-0.4, -0.2) is 21.9 Å². The van der Waals surface area contributed by atoms with E-state index in [2.05, 4.69) is 36.1 Å². The van der Waals surface area contributed by atoms with Gasteiger partial charge in [-0.25, -0.2) is 4.98 Å². The highest BCUT2D eigenvalue weighted by molar-refractivity contribution is 5.97. The summed E-state index contributed by atoms with van der Waals surface area (Å²) in [7, 11) is 0. The Labute approximate surface area is 101 Å². The molecule has 0 aromatic carbocycles. The van der Waals surface area contributed by atoms with Crippen molar-refractivity contribution in [1.82, 2.24) is 9.97 Å². The number of anilines is 2. The highest BCUT2D eigenvalue weighted by Crippen LogP contribution is 2.23. The monoisotopic (exact) mass is 237 g/mol. The molecule has 1 aromatic heterocycles. The van der Waals surface area contributed by atoms with Gasteiger partial charge in [0.2, 0.25) is 5.95 Å². The quantitative estimate of drug-likeness (QED) is 0.727. The van der Waals surface area contributed by atoms with E-state index in [0.717, 1.165) is 0 Å². The van der Waals surface area contributed by atoms with E-state index in [-0.39, 0.29) is 23.0 Å². The Kier molecular flexibility index (Phi) is 3.55. The summed E-state index contributed by atoms with van der Waals surface area (Å²) < 4.78 is 0. The number of carbonyl (C=O) groups excluding carboxylic acids is 1. The highest BCUT2D eigenvalue weighted by Gasteiger charge is 2.22. The van der Waals surface area contributed by atoms with Gasteiger partial charge in [0.05, 0.1) is 5.56 Å². The van der Waals surface area contributed by atoms with Crippen molar-refractivity contribution in [1.29, 1.82) is 0 Å². The van der Waals surface area contributed by atoms with Gasteiger partial charge in [0.15, 0.2) is 0 Å². The summed E-state index contributed by atoms with van der Waals surface area (Å²) in [6.07, 6.45) is 1.34. The number of nitrogen functional groups attached to an aromatic ring is 1. The number of hydrogen-bond acceptors (Lipinski definition) is 5. The summed E-state index contributed by atoms with van der Waals surface area (Å²) >= 11 is 0. The second kappa shape index (κ2) is 4.57. The summed E-state index contributed by atoms with van der Waals surface area (Å²) in [5.41, 5.74) is 11.0. The van der Waals surface area contributed by atoms with E-state index >= 15 is 0 Å². The molecule has 0 spiro atoms. The number of rotatable bonds is 3. The molecule has 0 unspecified atom stereocenters. The van der Waals surface area contributed by atoms with Gasteiger partial charge in [-0.2, -0.15) is 4.98 Å². The van der Waals surface area contributed by atoms with Crippen molar-refractivity contribution in [2.75, 3.05) is 11.1 Å². The van der Waals surface area contributed by atoms with Gasteiger partial charge in [-0.1, -0.05) is 20.8 Å². The van der Waals surface area contributed by atoms with Crippen molar-refractivity contribution in [2.24, 2.45) is 11.1 Å². The fourth-order valence-corrected chi connectivity index (χ4v) is 1.11. The molecule has 6 nitrogen and oxygen atoms in total. The number of amides is 1. The topological polar surface area (TPSA) is 107 Å². The van der Waals surface area contributed by atoms with E-state index < -0.39 is 5.91 Å². The van der Waals surface area contributed by atoms with Gasteiger partial charge >= 0.3 is 0 Å². The van der Waals surface area contributed by atoms with Crippen LogP contribution in [-0.2, 0) is 0 Å². The molecule has 0 saturated carbocycles. The zero-order valence-corrected chi connectivity index (χ0v) is 10.6. The van der Waals surface area contributed by atoms with Crippen molar-refractivity contribution in [3.05, 3.63) is 11.8 Å². The van der Waals surface area contributed by atoms with Crippen LogP contribution in [0.15, 0.2) is 6.20 Å². The number of nitrogens with two attached hydrogens (primary N) is 2. The summed E-state index contributed by atoms with van der Waals surface area (Å²) in [4.78, 5) is 19.0. The standard InChI is InChI=1S/C11H19N5O/c1-6(11(2,3)4)15-9-7(8(12)17)5-14-10(13)16-9/h5-6H,1-4H3,(H2,12,17)(H3,13,14,15,16)/t6-/m0/s1. The van der Waals surface area contributed by atoms with Gasteiger partial charge < -0.3 is 16.8 Å². The molecule has 1 rings (SSSR count). The molecule has 1 amide bonds. The minimum Gasteiger partial charge on any atom is -0.368 e. The lowest BCUT2D eigenvalue weighted by atomic mass is 9.88. The number of nitrogens with one attached hydrogen (secondary N) is 1. The fourth-order valence-electron chi connectivity index (χ4n) is 1.11. The first kappa shape index (κ1) is 13.2. The molecule has 0 fully saturated rings. The molecule has 0 aliphatic rings. The normalized spacial score (nSPS) is 13.2. The van der Waals surface area contributed by atoms with Gasteiger partial charge in [-0.05, 0) is 12.3 Å². The van der Waals surface area contributed by atoms with Gasteiger partial charge in [0.1, 0.15) is 5.82 Å². The zero-order valence-electron chi connectivity index (χ0n) is 10.6. The van der Waals surface area contributed by atoms with E-state index in [9.17, 15) is 4.79 Å². The zero-order chi connectivity index (χ0) is 13.2. The molecule has 94 valence electrons. The van der Waals surface area contributed by atoms with Crippen LogP contribution in [0.4, 0.5) is 11.8 Å². The highest BCUT2D eigenvalue weighted by atomic mass is 16.1. The molecule has 0 radical (unpaired) electrons. The number of hydrogen-bond donors (Lipinski definition) is 3. The molecular formula is C11H19N5O. The summed E-state index contributed by atoms with van der Waals surface area (Å²) in [6, 6.07) is 0.106. The van der Waals surface area contributed by atoms with E-state index in [4.69, 9.17) is 11.5 Å². The summed E-state index contributed by atoms with van der Waals surface area (Å²) in [5, 5.41) is 3.14. The van der Waals surface area contributed by atoms with E-state index in [0.29, 0.717) is 5.82 Å². The van der Waals surface area contributed by atoms with E-state index in [1.807, 2.05) is 6.92 Å². The van der Waals surface area contributed by atoms with Crippen LogP contribution < -0.4 is 16.8 Å². The Morgan fingerprint density at radius 2 is 2.06 bits per heavy atom. The first-order chi connectivity index (χ1) is 7.71. The predicted octanol–water partition coefficient (Wildman–Crippen LogP) is 1.00. The van der Waals surface area contributed by atoms with Gasteiger partial charge in [0.25, 0.3) is 5.91 Å². The minimum atomic E-state index is -0.575. The van der Waals surface area contributed by atoms with Crippen LogP contribution in [0.2, 0.25) is 0 Å². The van der Waals surface area contributed by atoms with Crippen molar-refractivity contribution < 1.29 is 4.79 Å². The maximum Gasteiger partial charge on any atom is 0.254 e. The molecule has 0 bridgehead atoms. The molecule has 5 N–H and O–H groups in total. The number of aromatic nitrogens is 2.